The summed E-state index contributed by atoms with van der Waals surface area (Å²) in [5.74, 6) is 1.09. The number of benzene rings is 1. The molecular formula is C23H29N5O. The van der Waals surface area contributed by atoms with Crippen molar-refractivity contribution in [1.82, 2.24) is 24.6 Å². The Morgan fingerprint density at radius 2 is 2.07 bits per heavy atom. The van der Waals surface area contributed by atoms with Crippen LogP contribution < -0.4 is 5.32 Å². The third kappa shape index (κ3) is 4.11. The first-order valence-corrected chi connectivity index (χ1v) is 10.4. The minimum absolute atomic E-state index is 0.00727. The summed E-state index contributed by atoms with van der Waals surface area (Å²) < 4.78 is 4.08. The second-order valence-corrected chi connectivity index (χ2v) is 8.60. The summed E-state index contributed by atoms with van der Waals surface area (Å²) in [4.78, 5) is 17.1. The van der Waals surface area contributed by atoms with Crippen LogP contribution in [0.25, 0.3) is 5.69 Å². The van der Waals surface area contributed by atoms with Gasteiger partial charge in [0.2, 0.25) is 5.91 Å². The van der Waals surface area contributed by atoms with Gasteiger partial charge in [0.05, 0.1) is 23.6 Å². The van der Waals surface area contributed by atoms with E-state index in [1.54, 1.807) is 6.20 Å². The number of hydrogen-bond acceptors (Lipinski definition) is 3. The largest absolute Gasteiger partial charge is 0.349 e. The van der Waals surface area contributed by atoms with Gasteiger partial charge in [-0.2, -0.15) is 5.10 Å². The number of amides is 1. The maximum atomic E-state index is 12.7. The van der Waals surface area contributed by atoms with Gasteiger partial charge >= 0.3 is 0 Å². The van der Waals surface area contributed by atoms with Gasteiger partial charge in [-0.1, -0.05) is 39.0 Å². The van der Waals surface area contributed by atoms with E-state index in [0.717, 1.165) is 36.3 Å². The number of aromatic nitrogens is 4. The SMILES string of the molecule is CCc1nccn1CCC(=O)N[C@@H]1CC(C)(C)Cc2c1cnn2-c1ccccc1. The Hall–Kier alpha value is -2.89. The van der Waals surface area contributed by atoms with Crippen LogP contribution in [0.5, 0.6) is 0 Å². The Morgan fingerprint density at radius 3 is 2.83 bits per heavy atom. The van der Waals surface area contributed by atoms with Crippen molar-refractivity contribution in [2.24, 2.45) is 5.41 Å². The summed E-state index contributed by atoms with van der Waals surface area (Å²) in [6.07, 6.45) is 8.84. The highest BCUT2D eigenvalue weighted by Gasteiger charge is 2.35. The highest BCUT2D eigenvalue weighted by atomic mass is 16.1. The number of fused-ring (bicyclic) bond motifs is 1. The number of nitrogens with one attached hydrogen (secondary N) is 1. The maximum Gasteiger partial charge on any atom is 0.222 e. The van der Waals surface area contributed by atoms with Gasteiger partial charge in [-0.05, 0) is 30.4 Å². The lowest BCUT2D eigenvalue weighted by Crippen LogP contribution is -2.37. The molecule has 0 unspecified atom stereocenters. The first kappa shape index (κ1) is 19.4. The van der Waals surface area contributed by atoms with Crippen molar-refractivity contribution in [1.29, 1.82) is 0 Å². The molecule has 4 rings (SSSR count). The van der Waals surface area contributed by atoms with Crippen LogP contribution >= 0.6 is 0 Å². The highest BCUT2D eigenvalue weighted by Crippen LogP contribution is 2.41. The minimum atomic E-state index is -0.00727. The molecule has 1 aliphatic rings. The maximum absolute atomic E-state index is 12.7. The van der Waals surface area contributed by atoms with E-state index in [0.29, 0.717) is 13.0 Å². The molecule has 1 N–H and O–H groups in total. The van der Waals surface area contributed by atoms with Crippen LogP contribution in [0, 0.1) is 5.41 Å². The molecule has 2 heterocycles. The van der Waals surface area contributed by atoms with E-state index in [4.69, 9.17) is 0 Å². The fraction of sp³-hybridized carbons (Fsp3) is 0.435. The lowest BCUT2D eigenvalue weighted by Gasteiger charge is -2.36. The fourth-order valence-corrected chi connectivity index (χ4v) is 4.31. The molecule has 0 fully saturated rings. The van der Waals surface area contributed by atoms with Crippen LogP contribution in [0.2, 0.25) is 0 Å². The van der Waals surface area contributed by atoms with Gasteiger partial charge in [0.15, 0.2) is 0 Å². The summed E-state index contributed by atoms with van der Waals surface area (Å²) in [5, 5.41) is 7.92. The van der Waals surface area contributed by atoms with Crippen molar-refractivity contribution in [3.05, 3.63) is 66.0 Å². The van der Waals surface area contributed by atoms with Gasteiger partial charge in [-0.25, -0.2) is 9.67 Å². The smallest absolute Gasteiger partial charge is 0.222 e. The van der Waals surface area contributed by atoms with Crippen LogP contribution in [0.15, 0.2) is 48.9 Å². The van der Waals surface area contributed by atoms with E-state index >= 15 is 0 Å². The summed E-state index contributed by atoms with van der Waals surface area (Å²) in [6.45, 7) is 7.25. The number of imidazole rings is 1. The highest BCUT2D eigenvalue weighted by molar-refractivity contribution is 5.76. The Balaban J connectivity index is 1.51. The number of aryl methyl sites for hydroxylation is 2. The van der Waals surface area contributed by atoms with E-state index in [9.17, 15) is 4.79 Å². The van der Waals surface area contributed by atoms with Gasteiger partial charge in [0.1, 0.15) is 5.82 Å². The molecule has 29 heavy (non-hydrogen) atoms. The van der Waals surface area contributed by atoms with E-state index < -0.39 is 0 Å². The van der Waals surface area contributed by atoms with Crippen molar-refractivity contribution >= 4 is 5.91 Å². The lowest BCUT2D eigenvalue weighted by atomic mass is 9.74. The summed E-state index contributed by atoms with van der Waals surface area (Å²) in [5.41, 5.74) is 3.49. The second kappa shape index (κ2) is 7.85. The molecule has 1 aromatic carbocycles. The molecule has 3 aromatic rings. The molecule has 0 bridgehead atoms. The Kier molecular flexibility index (Phi) is 5.26. The van der Waals surface area contributed by atoms with Crippen molar-refractivity contribution in [3.8, 4) is 5.69 Å². The Morgan fingerprint density at radius 1 is 1.28 bits per heavy atom. The number of para-hydroxylation sites is 1. The average molecular weight is 392 g/mol. The molecule has 0 radical (unpaired) electrons. The summed E-state index contributed by atoms with van der Waals surface area (Å²) in [6, 6.07) is 10.2. The number of rotatable bonds is 6. The molecule has 0 saturated heterocycles. The molecule has 6 heteroatoms. The molecule has 6 nitrogen and oxygen atoms in total. The Bertz CT molecular complexity index is 986. The molecule has 0 saturated carbocycles. The topological polar surface area (TPSA) is 64.7 Å². The first-order chi connectivity index (χ1) is 14.0. The van der Waals surface area contributed by atoms with Crippen LogP contribution in [-0.2, 0) is 24.2 Å². The van der Waals surface area contributed by atoms with Crippen molar-refractivity contribution in [3.63, 3.8) is 0 Å². The molecule has 0 aliphatic heterocycles. The zero-order valence-electron chi connectivity index (χ0n) is 17.4. The van der Waals surface area contributed by atoms with E-state index in [1.165, 1.54) is 5.69 Å². The fourth-order valence-electron chi connectivity index (χ4n) is 4.31. The normalized spacial score (nSPS) is 17.7. The third-order valence-corrected chi connectivity index (χ3v) is 5.71. The molecule has 1 aliphatic carbocycles. The van der Waals surface area contributed by atoms with E-state index in [2.05, 4.69) is 52.9 Å². The molecule has 1 amide bonds. The predicted octanol–water partition coefficient (Wildman–Crippen LogP) is 3.85. The zero-order chi connectivity index (χ0) is 20.4. The molecule has 152 valence electrons. The monoisotopic (exact) mass is 391 g/mol. The third-order valence-electron chi connectivity index (χ3n) is 5.71. The number of hydrogen-bond donors (Lipinski definition) is 1. The van der Waals surface area contributed by atoms with Crippen LogP contribution in [0.3, 0.4) is 0 Å². The lowest BCUT2D eigenvalue weighted by molar-refractivity contribution is -0.122. The Labute approximate surface area is 172 Å². The standard InChI is InChI=1S/C23H29N5O/c1-4-21-24-11-13-27(21)12-10-22(29)26-19-14-23(2,3)15-20-18(19)16-25-28(20)17-8-6-5-7-9-17/h5-9,11,13,16,19H,4,10,12,14-15H2,1-3H3,(H,26,29)/t19-/m1/s1. The van der Waals surface area contributed by atoms with Gasteiger partial charge in [0.25, 0.3) is 0 Å². The van der Waals surface area contributed by atoms with Gasteiger partial charge in [-0.15, -0.1) is 0 Å². The number of carbonyl (C=O) groups is 1. The van der Waals surface area contributed by atoms with E-state index in [1.807, 2.05) is 35.3 Å². The quantitative estimate of drug-likeness (QED) is 0.694. The minimum Gasteiger partial charge on any atom is -0.349 e. The van der Waals surface area contributed by atoms with Crippen molar-refractivity contribution in [2.75, 3.05) is 0 Å². The van der Waals surface area contributed by atoms with Gasteiger partial charge < -0.3 is 9.88 Å². The van der Waals surface area contributed by atoms with Crippen molar-refractivity contribution in [2.45, 2.75) is 59.0 Å². The summed E-state index contributed by atoms with van der Waals surface area (Å²) in [7, 11) is 0. The summed E-state index contributed by atoms with van der Waals surface area (Å²) >= 11 is 0. The zero-order valence-corrected chi connectivity index (χ0v) is 17.4. The molecule has 2 aromatic heterocycles. The van der Waals surface area contributed by atoms with Crippen LogP contribution in [0.4, 0.5) is 0 Å². The molecular weight excluding hydrogens is 362 g/mol. The van der Waals surface area contributed by atoms with E-state index in [-0.39, 0.29) is 17.4 Å². The predicted molar refractivity (Wildman–Crippen MR) is 113 cm³/mol. The van der Waals surface area contributed by atoms with Crippen molar-refractivity contribution < 1.29 is 4.79 Å². The number of nitrogens with zero attached hydrogens (tertiary/aromatic N) is 4. The number of carbonyl (C=O) groups excluding carboxylic acids is 1. The van der Waals surface area contributed by atoms with Crippen LogP contribution in [0.1, 0.15) is 56.7 Å². The second-order valence-electron chi connectivity index (χ2n) is 8.60. The van der Waals surface area contributed by atoms with Crippen LogP contribution in [-0.4, -0.2) is 25.2 Å². The molecule has 0 spiro atoms. The average Bonchev–Trinajstić information content (AvgIpc) is 3.32. The molecule has 1 atom stereocenters. The first-order valence-electron chi connectivity index (χ1n) is 10.4. The van der Waals surface area contributed by atoms with Gasteiger partial charge in [-0.3, -0.25) is 4.79 Å². The van der Waals surface area contributed by atoms with Gasteiger partial charge in [0, 0.05) is 37.3 Å².